The second-order valence-electron chi connectivity index (χ2n) is 6.81. The van der Waals surface area contributed by atoms with Crippen molar-refractivity contribution in [3.63, 3.8) is 0 Å². The number of benzene rings is 3. The molecule has 0 radical (unpaired) electrons. The number of hydrogen-bond donors (Lipinski definition) is 1. The van der Waals surface area contributed by atoms with Crippen LogP contribution in [0.5, 0.6) is 5.75 Å². The Morgan fingerprint density at radius 3 is 2.50 bits per heavy atom. The summed E-state index contributed by atoms with van der Waals surface area (Å²) in [7, 11) is 0. The second kappa shape index (κ2) is 11.0. The molecule has 0 aliphatic rings. The van der Waals surface area contributed by atoms with Crippen LogP contribution in [-0.4, -0.2) is 18.5 Å². The molecular weight excluding hydrogens is 456 g/mol. The fraction of sp³-hybridized carbons (Fsp3) is 0.167. The van der Waals surface area contributed by atoms with E-state index in [1.54, 1.807) is 49.4 Å². The molecule has 0 bridgehead atoms. The van der Waals surface area contributed by atoms with Crippen LogP contribution >= 0.6 is 23.2 Å². The van der Waals surface area contributed by atoms with E-state index in [1.807, 2.05) is 0 Å². The van der Waals surface area contributed by atoms with Crippen LogP contribution in [0.25, 0.3) is 0 Å². The standard InChI is InChI=1S/C24H20Cl2FNO4/c1-2-31-23(29)12-15-6-9-22(21(26)11-15)28-24(30)19-13-18(7-8-20(19)25)32-14-16-4-3-5-17(27)10-16/h3-11,13H,2,12,14H2,1H3,(H,28,30). The molecule has 8 heteroatoms. The maximum absolute atomic E-state index is 13.3. The van der Waals surface area contributed by atoms with Crippen molar-refractivity contribution in [2.24, 2.45) is 0 Å². The van der Waals surface area contributed by atoms with Crippen molar-refractivity contribution in [3.05, 3.63) is 93.2 Å². The molecule has 0 saturated carbocycles. The summed E-state index contributed by atoms with van der Waals surface area (Å²) in [6, 6.07) is 15.6. The van der Waals surface area contributed by atoms with Crippen LogP contribution in [0, 0.1) is 5.82 Å². The van der Waals surface area contributed by atoms with E-state index < -0.39 is 5.91 Å². The Balaban J connectivity index is 1.69. The van der Waals surface area contributed by atoms with Gasteiger partial charge in [-0.1, -0.05) is 41.4 Å². The van der Waals surface area contributed by atoms with Crippen LogP contribution in [0.4, 0.5) is 10.1 Å². The molecule has 3 aromatic rings. The van der Waals surface area contributed by atoms with Crippen LogP contribution in [0.2, 0.25) is 10.0 Å². The van der Waals surface area contributed by atoms with E-state index in [2.05, 4.69) is 5.32 Å². The summed E-state index contributed by atoms with van der Waals surface area (Å²) < 4.78 is 23.9. The zero-order valence-electron chi connectivity index (χ0n) is 17.2. The first-order valence-electron chi connectivity index (χ1n) is 9.78. The zero-order chi connectivity index (χ0) is 23.1. The Hall–Kier alpha value is -3.09. The number of anilines is 1. The number of carbonyl (C=O) groups is 2. The Morgan fingerprint density at radius 1 is 0.969 bits per heavy atom. The van der Waals surface area contributed by atoms with Gasteiger partial charge in [0, 0.05) is 0 Å². The van der Waals surface area contributed by atoms with E-state index >= 15 is 0 Å². The van der Waals surface area contributed by atoms with Gasteiger partial charge in [0.2, 0.25) is 0 Å². The van der Waals surface area contributed by atoms with E-state index in [9.17, 15) is 14.0 Å². The summed E-state index contributed by atoms with van der Waals surface area (Å²) in [5, 5.41) is 3.21. The molecule has 3 aromatic carbocycles. The zero-order valence-corrected chi connectivity index (χ0v) is 18.7. The van der Waals surface area contributed by atoms with Gasteiger partial charge in [0.05, 0.1) is 34.3 Å². The molecule has 3 rings (SSSR count). The predicted molar refractivity (Wildman–Crippen MR) is 122 cm³/mol. The number of carbonyl (C=O) groups excluding carboxylic acids is 2. The number of halogens is 3. The maximum Gasteiger partial charge on any atom is 0.310 e. The molecule has 0 fully saturated rings. The quantitative estimate of drug-likeness (QED) is 0.401. The highest BCUT2D eigenvalue weighted by Crippen LogP contribution is 2.27. The molecule has 32 heavy (non-hydrogen) atoms. The molecule has 5 nitrogen and oxygen atoms in total. The Labute approximate surface area is 195 Å². The molecule has 166 valence electrons. The smallest absolute Gasteiger partial charge is 0.310 e. The molecule has 0 atom stereocenters. The first-order valence-corrected chi connectivity index (χ1v) is 10.5. The highest BCUT2D eigenvalue weighted by Gasteiger charge is 2.15. The van der Waals surface area contributed by atoms with E-state index in [1.165, 1.54) is 18.2 Å². The predicted octanol–water partition coefficient (Wildman–Crippen LogP) is 6.07. The lowest BCUT2D eigenvalue weighted by Gasteiger charge is -2.12. The van der Waals surface area contributed by atoms with Gasteiger partial charge in [0.1, 0.15) is 18.2 Å². The SMILES string of the molecule is CCOC(=O)Cc1ccc(NC(=O)c2cc(OCc3cccc(F)c3)ccc2Cl)c(Cl)c1. The van der Waals surface area contributed by atoms with Crippen molar-refractivity contribution in [3.8, 4) is 5.75 Å². The number of esters is 1. The summed E-state index contributed by atoms with van der Waals surface area (Å²) in [4.78, 5) is 24.4. The molecule has 0 saturated heterocycles. The Morgan fingerprint density at radius 2 is 1.78 bits per heavy atom. The molecule has 1 amide bonds. The van der Waals surface area contributed by atoms with E-state index in [-0.39, 0.29) is 40.4 Å². The van der Waals surface area contributed by atoms with Gasteiger partial charge in [0.15, 0.2) is 0 Å². The molecule has 0 spiro atoms. The number of rotatable bonds is 8. The van der Waals surface area contributed by atoms with Gasteiger partial charge in [-0.2, -0.15) is 0 Å². The average Bonchev–Trinajstić information content (AvgIpc) is 2.75. The first kappa shape index (κ1) is 23.6. The molecular formula is C24H20Cl2FNO4. The van der Waals surface area contributed by atoms with Crippen LogP contribution in [-0.2, 0) is 22.6 Å². The van der Waals surface area contributed by atoms with Gasteiger partial charge in [-0.3, -0.25) is 9.59 Å². The molecule has 0 aliphatic carbocycles. The van der Waals surface area contributed by atoms with Gasteiger partial charge in [-0.15, -0.1) is 0 Å². The van der Waals surface area contributed by atoms with E-state index in [0.29, 0.717) is 29.2 Å². The highest BCUT2D eigenvalue weighted by molar-refractivity contribution is 6.36. The van der Waals surface area contributed by atoms with Crippen molar-refractivity contribution in [1.29, 1.82) is 0 Å². The largest absolute Gasteiger partial charge is 0.489 e. The number of hydrogen-bond acceptors (Lipinski definition) is 4. The van der Waals surface area contributed by atoms with Gasteiger partial charge in [-0.05, 0) is 60.5 Å². The lowest BCUT2D eigenvalue weighted by atomic mass is 10.1. The van der Waals surface area contributed by atoms with Crippen molar-refractivity contribution < 1.29 is 23.5 Å². The minimum absolute atomic E-state index is 0.0817. The normalized spacial score (nSPS) is 10.5. The van der Waals surface area contributed by atoms with Gasteiger partial charge >= 0.3 is 5.97 Å². The summed E-state index contributed by atoms with van der Waals surface area (Å²) >= 11 is 12.5. The third-order valence-electron chi connectivity index (χ3n) is 4.41. The minimum atomic E-state index is -0.480. The minimum Gasteiger partial charge on any atom is -0.489 e. The molecule has 0 heterocycles. The second-order valence-corrected chi connectivity index (χ2v) is 7.62. The summed E-state index contributed by atoms with van der Waals surface area (Å²) in [6.07, 6.45) is 0.0817. The van der Waals surface area contributed by atoms with E-state index in [0.717, 1.165) is 0 Å². The Kier molecular flexibility index (Phi) is 8.09. The number of ether oxygens (including phenoxy) is 2. The lowest BCUT2D eigenvalue weighted by Crippen LogP contribution is -2.13. The van der Waals surface area contributed by atoms with Crippen molar-refractivity contribution >= 4 is 40.8 Å². The fourth-order valence-electron chi connectivity index (χ4n) is 2.90. The summed E-state index contributed by atoms with van der Waals surface area (Å²) in [5.41, 5.74) is 1.87. The van der Waals surface area contributed by atoms with Crippen LogP contribution < -0.4 is 10.1 Å². The molecule has 0 aromatic heterocycles. The average molecular weight is 476 g/mol. The number of amides is 1. The van der Waals surface area contributed by atoms with Crippen molar-refractivity contribution in [2.45, 2.75) is 20.0 Å². The maximum atomic E-state index is 13.3. The molecule has 0 unspecified atom stereocenters. The van der Waals surface area contributed by atoms with Gasteiger partial charge in [-0.25, -0.2) is 4.39 Å². The van der Waals surface area contributed by atoms with Crippen LogP contribution in [0.3, 0.4) is 0 Å². The number of nitrogens with one attached hydrogen (secondary N) is 1. The first-order chi connectivity index (χ1) is 15.4. The highest BCUT2D eigenvalue weighted by atomic mass is 35.5. The Bertz CT molecular complexity index is 1140. The third kappa shape index (κ3) is 6.45. The molecule has 1 N–H and O–H groups in total. The van der Waals surface area contributed by atoms with Crippen molar-refractivity contribution in [2.75, 3.05) is 11.9 Å². The fourth-order valence-corrected chi connectivity index (χ4v) is 3.35. The van der Waals surface area contributed by atoms with Crippen LogP contribution in [0.15, 0.2) is 60.7 Å². The van der Waals surface area contributed by atoms with Crippen molar-refractivity contribution in [1.82, 2.24) is 0 Å². The third-order valence-corrected chi connectivity index (χ3v) is 5.05. The summed E-state index contributed by atoms with van der Waals surface area (Å²) in [5.74, 6) is -0.791. The summed E-state index contributed by atoms with van der Waals surface area (Å²) in [6.45, 7) is 2.16. The van der Waals surface area contributed by atoms with Crippen LogP contribution in [0.1, 0.15) is 28.4 Å². The topological polar surface area (TPSA) is 64.6 Å². The van der Waals surface area contributed by atoms with Gasteiger partial charge < -0.3 is 14.8 Å². The lowest BCUT2D eigenvalue weighted by molar-refractivity contribution is -0.142. The monoisotopic (exact) mass is 475 g/mol. The molecule has 0 aliphatic heterocycles. The van der Waals surface area contributed by atoms with E-state index in [4.69, 9.17) is 32.7 Å². The van der Waals surface area contributed by atoms with Gasteiger partial charge in [0.25, 0.3) is 5.91 Å².